The fraction of sp³-hybridized carbons (Fsp3) is 0.783. The van der Waals surface area contributed by atoms with Crippen molar-refractivity contribution >= 4 is 11.7 Å². The van der Waals surface area contributed by atoms with E-state index in [1.165, 1.54) is 5.56 Å². The third-order valence-electron chi connectivity index (χ3n) is 6.62. The van der Waals surface area contributed by atoms with E-state index in [-0.39, 0.29) is 12.0 Å². The molecule has 0 spiro atoms. The van der Waals surface area contributed by atoms with Crippen LogP contribution in [0.25, 0.3) is 0 Å². The van der Waals surface area contributed by atoms with Crippen LogP contribution >= 0.6 is 0 Å². The van der Waals surface area contributed by atoms with Gasteiger partial charge in [-0.1, -0.05) is 13.8 Å². The lowest BCUT2D eigenvalue weighted by molar-refractivity contribution is -0.122. The number of carbonyl (C=O) groups is 1. The van der Waals surface area contributed by atoms with Crippen LogP contribution < -0.4 is 11.1 Å². The van der Waals surface area contributed by atoms with Gasteiger partial charge in [0.25, 0.3) is 0 Å². The zero-order valence-corrected chi connectivity index (χ0v) is 19.2. The van der Waals surface area contributed by atoms with Crippen LogP contribution in [-0.4, -0.2) is 76.4 Å². The summed E-state index contributed by atoms with van der Waals surface area (Å²) in [5.74, 6) is 1.72. The first-order valence-corrected chi connectivity index (χ1v) is 11.6. The maximum atomic E-state index is 11.9. The summed E-state index contributed by atoms with van der Waals surface area (Å²) in [6, 6.07) is 0.982. The number of hydrogen-bond acceptors (Lipinski definition) is 7. The highest BCUT2D eigenvalue weighted by atomic mass is 16.1. The maximum Gasteiger partial charge on any atom is 0.222 e. The Balaban J connectivity index is 1.46. The van der Waals surface area contributed by atoms with E-state index in [1.807, 2.05) is 26.2 Å². The molecule has 0 saturated carbocycles. The zero-order chi connectivity index (χ0) is 21.7. The number of nitrogens with two attached hydrogens (primary N) is 1. The fourth-order valence-corrected chi connectivity index (χ4v) is 4.55. The average Bonchev–Trinajstić information content (AvgIpc) is 2.72. The molecule has 168 valence electrons. The predicted octanol–water partition coefficient (Wildman–Crippen LogP) is 2.49. The number of hydrogen-bond donors (Lipinski definition) is 2. The van der Waals surface area contributed by atoms with Crippen molar-refractivity contribution in [3.8, 4) is 0 Å². The first-order valence-electron chi connectivity index (χ1n) is 11.6. The van der Waals surface area contributed by atoms with Crippen LogP contribution in [0.3, 0.4) is 0 Å². The molecule has 2 unspecified atom stereocenters. The second kappa shape index (κ2) is 10.6. The SMILES string of the molecule is CC(C)C(=O)CCN1CCC(c2cnc(NC3CC(N)CN(C(C)C)C3)nc2)CC1. The first-order chi connectivity index (χ1) is 14.3. The first kappa shape index (κ1) is 23.1. The summed E-state index contributed by atoms with van der Waals surface area (Å²) in [7, 11) is 0. The minimum absolute atomic E-state index is 0.143. The van der Waals surface area contributed by atoms with E-state index in [2.05, 4.69) is 38.9 Å². The molecule has 2 saturated heterocycles. The molecule has 2 fully saturated rings. The van der Waals surface area contributed by atoms with Crippen molar-refractivity contribution in [2.75, 3.05) is 38.0 Å². The topological polar surface area (TPSA) is 87.4 Å². The molecule has 3 heterocycles. The highest BCUT2D eigenvalue weighted by Crippen LogP contribution is 2.27. The van der Waals surface area contributed by atoms with E-state index in [1.54, 1.807) is 0 Å². The number of piperidine rings is 2. The van der Waals surface area contributed by atoms with Crippen molar-refractivity contribution in [3.63, 3.8) is 0 Å². The van der Waals surface area contributed by atoms with Crippen LogP contribution in [0.15, 0.2) is 12.4 Å². The van der Waals surface area contributed by atoms with Gasteiger partial charge in [-0.05, 0) is 57.7 Å². The number of Topliss-reactive ketones (excluding diaryl/α,β-unsaturated/α-hetero) is 1. The maximum absolute atomic E-state index is 11.9. The van der Waals surface area contributed by atoms with Crippen LogP contribution in [-0.2, 0) is 4.79 Å². The highest BCUT2D eigenvalue weighted by Gasteiger charge is 2.27. The lowest BCUT2D eigenvalue weighted by atomic mass is 9.91. The van der Waals surface area contributed by atoms with Gasteiger partial charge in [0.2, 0.25) is 5.95 Å². The molecule has 2 atom stereocenters. The van der Waals surface area contributed by atoms with Gasteiger partial charge in [0.05, 0.1) is 0 Å². The van der Waals surface area contributed by atoms with Gasteiger partial charge in [-0.25, -0.2) is 9.97 Å². The molecule has 0 aromatic carbocycles. The number of aromatic nitrogens is 2. The Bertz CT molecular complexity index is 669. The normalized spacial score (nSPS) is 24.5. The van der Waals surface area contributed by atoms with Gasteiger partial charge in [-0.3, -0.25) is 9.69 Å². The van der Waals surface area contributed by atoms with E-state index in [9.17, 15) is 4.79 Å². The lowest BCUT2D eigenvalue weighted by Crippen LogP contribution is -2.53. The molecule has 0 aliphatic carbocycles. The molecule has 30 heavy (non-hydrogen) atoms. The number of nitrogens with one attached hydrogen (secondary N) is 1. The second-order valence-electron chi connectivity index (χ2n) is 9.71. The Morgan fingerprint density at radius 2 is 1.83 bits per heavy atom. The van der Waals surface area contributed by atoms with E-state index < -0.39 is 0 Å². The Kier molecular flexibility index (Phi) is 8.20. The quantitative estimate of drug-likeness (QED) is 0.673. The summed E-state index contributed by atoms with van der Waals surface area (Å²) < 4.78 is 0. The third kappa shape index (κ3) is 6.46. The zero-order valence-electron chi connectivity index (χ0n) is 19.2. The van der Waals surface area contributed by atoms with Gasteiger partial charge in [0.1, 0.15) is 5.78 Å². The number of rotatable bonds is 8. The molecule has 0 radical (unpaired) electrons. The molecule has 2 aliphatic rings. The number of nitrogens with zero attached hydrogens (tertiary/aromatic N) is 4. The second-order valence-corrected chi connectivity index (χ2v) is 9.71. The van der Waals surface area contributed by atoms with Gasteiger partial charge in [0.15, 0.2) is 0 Å². The standard InChI is InChI=1S/C23H40N6O/c1-16(2)22(30)7-10-28-8-5-18(6-9-28)19-12-25-23(26-13-19)27-21-11-20(24)14-29(15-21)17(3)4/h12-13,16-18,20-21H,5-11,14-15,24H2,1-4H3,(H,25,26,27). The van der Waals surface area contributed by atoms with Crippen molar-refractivity contribution in [2.45, 2.75) is 77.4 Å². The van der Waals surface area contributed by atoms with Crippen molar-refractivity contribution in [2.24, 2.45) is 11.7 Å². The molecule has 7 heteroatoms. The van der Waals surface area contributed by atoms with Crippen molar-refractivity contribution < 1.29 is 4.79 Å². The van der Waals surface area contributed by atoms with Crippen molar-refractivity contribution in [3.05, 3.63) is 18.0 Å². The number of carbonyl (C=O) groups excluding carboxylic acids is 1. The van der Waals surface area contributed by atoms with Crippen LogP contribution in [0, 0.1) is 5.92 Å². The van der Waals surface area contributed by atoms with Gasteiger partial charge in [0, 0.05) is 62.5 Å². The highest BCUT2D eigenvalue weighted by molar-refractivity contribution is 5.80. The van der Waals surface area contributed by atoms with Gasteiger partial charge in [-0.15, -0.1) is 0 Å². The molecule has 3 N–H and O–H groups in total. The molecule has 1 aromatic rings. The van der Waals surface area contributed by atoms with Crippen LogP contribution in [0.4, 0.5) is 5.95 Å². The van der Waals surface area contributed by atoms with Gasteiger partial charge < -0.3 is 16.0 Å². The summed E-state index contributed by atoms with van der Waals surface area (Å²) >= 11 is 0. The number of likely N-dealkylation sites (tertiary alicyclic amines) is 2. The summed E-state index contributed by atoms with van der Waals surface area (Å²) in [5, 5.41) is 3.49. The van der Waals surface area contributed by atoms with E-state index >= 15 is 0 Å². The summed E-state index contributed by atoms with van der Waals surface area (Å²) in [4.78, 5) is 25.9. The monoisotopic (exact) mass is 416 g/mol. The summed E-state index contributed by atoms with van der Waals surface area (Å²) in [6.07, 6.45) is 7.80. The van der Waals surface area contributed by atoms with Gasteiger partial charge >= 0.3 is 0 Å². The van der Waals surface area contributed by atoms with Gasteiger partial charge in [-0.2, -0.15) is 0 Å². The molecular formula is C23H40N6O. The molecule has 7 nitrogen and oxygen atoms in total. The fourth-order valence-electron chi connectivity index (χ4n) is 4.55. The largest absolute Gasteiger partial charge is 0.350 e. The molecular weight excluding hydrogens is 376 g/mol. The van der Waals surface area contributed by atoms with Crippen LogP contribution in [0.2, 0.25) is 0 Å². The van der Waals surface area contributed by atoms with Crippen LogP contribution in [0.5, 0.6) is 0 Å². The van der Waals surface area contributed by atoms with E-state index in [4.69, 9.17) is 5.73 Å². The summed E-state index contributed by atoms with van der Waals surface area (Å²) in [5.41, 5.74) is 7.47. The van der Waals surface area contributed by atoms with Crippen molar-refractivity contribution in [1.29, 1.82) is 0 Å². The van der Waals surface area contributed by atoms with Crippen LogP contribution in [0.1, 0.15) is 64.9 Å². The Hall–Kier alpha value is -1.57. The lowest BCUT2D eigenvalue weighted by Gasteiger charge is -2.38. The van der Waals surface area contributed by atoms with Crippen molar-refractivity contribution in [1.82, 2.24) is 19.8 Å². The molecule has 3 rings (SSSR count). The predicted molar refractivity (Wildman–Crippen MR) is 122 cm³/mol. The third-order valence-corrected chi connectivity index (χ3v) is 6.62. The smallest absolute Gasteiger partial charge is 0.222 e. The minimum Gasteiger partial charge on any atom is -0.350 e. The van der Waals surface area contributed by atoms with E-state index in [0.717, 1.165) is 52.0 Å². The van der Waals surface area contributed by atoms with E-state index in [0.29, 0.717) is 36.2 Å². The summed E-state index contributed by atoms with van der Waals surface area (Å²) in [6.45, 7) is 13.3. The minimum atomic E-state index is 0.143. The molecule has 0 bridgehead atoms. The molecule has 0 amide bonds. The average molecular weight is 417 g/mol. The number of anilines is 1. The Morgan fingerprint density at radius 3 is 2.43 bits per heavy atom. The Labute approximate surface area is 181 Å². The molecule has 2 aliphatic heterocycles. The Morgan fingerprint density at radius 1 is 1.17 bits per heavy atom. The molecule has 1 aromatic heterocycles. The number of ketones is 1.